The van der Waals surface area contributed by atoms with Gasteiger partial charge in [-0.25, -0.2) is 5.43 Å². The zero-order valence-electron chi connectivity index (χ0n) is 16.9. The van der Waals surface area contributed by atoms with Crippen molar-refractivity contribution in [1.82, 2.24) is 15.0 Å². The standard InChI is InChI=1S/C23H21N7O/c1-31-20-14-12-17(13-15-20)16-24-30-23-28-21(25-18-8-4-2-5-9-18)27-22(29-23)26-19-10-6-3-7-11-19/h2-16H,1H3,(H3,25,26,27,28,29,30)/b24-16+. The summed E-state index contributed by atoms with van der Waals surface area (Å²) in [6, 6.07) is 26.9. The van der Waals surface area contributed by atoms with Gasteiger partial charge in [-0.15, -0.1) is 0 Å². The third-order valence-electron chi connectivity index (χ3n) is 4.19. The SMILES string of the molecule is COc1ccc(/C=N/Nc2nc(Nc3ccccc3)nc(Nc3ccccc3)n2)cc1. The predicted octanol–water partition coefficient (Wildman–Crippen LogP) is 4.81. The Kier molecular flexibility index (Phi) is 6.30. The molecule has 0 atom stereocenters. The van der Waals surface area contributed by atoms with Crippen LogP contribution in [-0.4, -0.2) is 28.3 Å². The largest absolute Gasteiger partial charge is 0.497 e. The molecule has 0 amide bonds. The van der Waals surface area contributed by atoms with E-state index in [-0.39, 0.29) is 0 Å². The van der Waals surface area contributed by atoms with Gasteiger partial charge < -0.3 is 15.4 Å². The number of hydrazone groups is 1. The van der Waals surface area contributed by atoms with E-state index < -0.39 is 0 Å². The quantitative estimate of drug-likeness (QED) is 0.283. The van der Waals surface area contributed by atoms with Crippen molar-refractivity contribution in [2.75, 3.05) is 23.2 Å². The van der Waals surface area contributed by atoms with Crippen LogP contribution in [0.1, 0.15) is 5.56 Å². The normalized spacial score (nSPS) is 10.6. The highest BCUT2D eigenvalue weighted by atomic mass is 16.5. The monoisotopic (exact) mass is 411 g/mol. The van der Waals surface area contributed by atoms with Crippen molar-refractivity contribution in [3.8, 4) is 5.75 Å². The van der Waals surface area contributed by atoms with E-state index in [2.05, 4.69) is 36.1 Å². The maximum Gasteiger partial charge on any atom is 0.250 e. The van der Waals surface area contributed by atoms with Crippen molar-refractivity contribution in [2.45, 2.75) is 0 Å². The minimum atomic E-state index is 0.302. The molecule has 4 rings (SSSR count). The lowest BCUT2D eigenvalue weighted by molar-refractivity contribution is 0.415. The maximum absolute atomic E-state index is 5.17. The summed E-state index contributed by atoms with van der Waals surface area (Å²) in [6.07, 6.45) is 1.68. The first-order chi connectivity index (χ1) is 15.3. The van der Waals surface area contributed by atoms with Crippen molar-refractivity contribution in [3.63, 3.8) is 0 Å². The molecule has 8 nitrogen and oxygen atoms in total. The first-order valence-electron chi connectivity index (χ1n) is 9.62. The number of para-hydroxylation sites is 2. The van der Waals surface area contributed by atoms with Gasteiger partial charge in [0.2, 0.25) is 17.8 Å². The van der Waals surface area contributed by atoms with Crippen LogP contribution in [0.15, 0.2) is 90.0 Å². The molecule has 0 radical (unpaired) electrons. The van der Waals surface area contributed by atoms with Crippen molar-refractivity contribution >= 4 is 35.4 Å². The zero-order chi connectivity index (χ0) is 21.3. The Morgan fingerprint density at radius 3 is 1.71 bits per heavy atom. The molecule has 154 valence electrons. The van der Waals surface area contributed by atoms with Crippen LogP contribution in [0.25, 0.3) is 0 Å². The van der Waals surface area contributed by atoms with Gasteiger partial charge in [0.05, 0.1) is 13.3 Å². The lowest BCUT2D eigenvalue weighted by Gasteiger charge is -2.10. The summed E-state index contributed by atoms with van der Waals surface area (Å²) in [4.78, 5) is 13.3. The van der Waals surface area contributed by atoms with Gasteiger partial charge in [0, 0.05) is 11.4 Å². The molecule has 0 bridgehead atoms. The Morgan fingerprint density at radius 2 is 1.19 bits per heavy atom. The molecule has 1 aromatic heterocycles. The van der Waals surface area contributed by atoms with Gasteiger partial charge in [-0.3, -0.25) is 0 Å². The Bertz CT molecular complexity index is 1070. The minimum absolute atomic E-state index is 0.302. The van der Waals surface area contributed by atoms with Crippen molar-refractivity contribution < 1.29 is 4.74 Å². The van der Waals surface area contributed by atoms with Crippen LogP contribution < -0.4 is 20.8 Å². The number of ether oxygens (including phenoxy) is 1. The van der Waals surface area contributed by atoms with E-state index in [0.717, 1.165) is 22.7 Å². The lowest BCUT2D eigenvalue weighted by atomic mass is 10.2. The summed E-state index contributed by atoms with van der Waals surface area (Å²) in [7, 11) is 1.63. The molecule has 0 saturated heterocycles. The molecule has 0 aliphatic heterocycles. The molecule has 0 aliphatic carbocycles. The Labute approximate surface area is 180 Å². The first-order valence-corrected chi connectivity index (χ1v) is 9.62. The number of hydrogen-bond acceptors (Lipinski definition) is 8. The Morgan fingerprint density at radius 1 is 0.677 bits per heavy atom. The van der Waals surface area contributed by atoms with E-state index >= 15 is 0 Å². The average molecular weight is 411 g/mol. The van der Waals surface area contributed by atoms with Crippen molar-refractivity contribution in [1.29, 1.82) is 0 Å². The van der Waals surface area contributed by atoms with Gasteiger partial charge in [0.1, 0.15) is 5.75 Å². The number of methoxy groups -OCH3 is 1. The highest BCUT2D eigenvalue weighted by Gasteiger charge is 2.07. The maximum atomic E-state index is 5.17. The molecule has 1 heterocycles. The fraction of sp³-hybridized carbons (Fsp3) is 0.0435. The molecule has 0 fully saturated rings. The van der Waals surface area contributed by atoms with E-state index in [4.69, 9.17) is 4.74 Å². The third-order valence-corrected chi connectivity index (χ3v) is 4.19. The highest BCUT2D eigenvalue weighted by Crippen LogP contribution is 2.18. The molecule has 0 saturated carbocycles. The Balaban J connectivity index is 1.54. The Hall–Kier alpha value is -4.46. The van der Waals surface area contributed by atoms with Crippen LogP contribution in [0.4, 0.5) is 29.2 Å². The number of aromatic nitrogens is 3. The number of rotatable bonds is 8. The summed E-state index contributed by atoms with van der Waals surface area (Å²) < 4.78 is 5.17. The van der Waals surface area contributed by atoms with Gasteiger partial charge in [0.25, 0.3) is 0 Å². The van der Waals surface area contributed by atoms with Gasteiger partial charge in [-0.2, -0.15) is 20.1 Å². The summed E-state index contributed by atoms with van der Waals surface area (Å²) in [5, 5.41) is 10.6. The van der Waals surface area contributed by atoms with E-state index in [1.807, 2.05) is 84.9 Å². The second-order valence-corrected chi connectivity index (χ2v) is 6.43. The van der Waals surface area contributed by atoms with Gasteiger partial charge in [0.15, 0.2) is 0 Å². The molecule has 8 heteroatoms. The molecule has 0 unspecified atom stereocenters. The van der Waals surface area contributed by atoms with Gasteiger partial charge in [-0.1, -0.05) is 36.4 Å². The smallest absolute Gasteiger partial charge is 0.250 e. The van der Waals surface area contributed by atoms with E-state index in [0.29, 0.717) is 17.8 Å². The van der Waals surface area contributed by atoms with E-state index in [1.165, 1.54) is 0 Å². The van der Waals surface area contributed by atoms with E-state index in [1.54, 1.807) is 13.3 Å². The zero-order valence-corrected chi connectivity index (χ0v) is 16.9. The fourth-order valence-corrected chi connectivity index (χ4v) is 2.69. The van der Waals surface area contributed by atoms with Crippen LogP contribution in [-0.2, 0) is 0 Å². The molecule has 0 aliphatic rings. The predicted molar refractivity (Wildman–Crippen MR) is 123 cm³/mol. The van der Waals surface area contributed by atoms with Crippen molar-refractivity contribution in [3.05, 3.63) is 90.5 Å². The molecular formula is C23H21N7O. The summed E-state index contributed by atoms with van der Waals surface area (Å²) in [5.74, 6) is 1.87. The van der Waals surface area contributed by atoms with Crippen LogP contribution in [0, 0.1) is 0 Å². The number of anilines is 5. The van der Waals surface area contributed by atoms with Crippen LogP contribution in [0.5, 0.6) is 5.75 Å². The second-order valence-electron chi connectivity index (χ2n) is 6.43. The molecule has 3 aromatic carbocycles. The van der Waals surface area contributed by atoms with Crippen molar-refractivity contribution in [2.24, 2.45) is 5.10 Å². The molecule has 3 N–H and O–H groups in total. The molecule has 0 spiro atoms. The minimum Gasteiger partial charge on any atom is -0.497 e. The molecule has 4 aromatic rings. The summed E-state index contributed by atoms with van der Waals surface area (Å²) >= 11 is 0. The van der Waals surface area contributed by atoms with Gasteiger partial charge >= 0.3 is 0 Å². The van der Waals surface area contributed by atoms with E-state index in [9.17, 15) is 0 Å². The lowest BCUT2D eigenvalue weighted by Crippen LogP contribution is -2.07. The van der Waals surface area contributed by atoms with Crippen LogP contribution >= 0.6 is 0 Å². The topological polar surface area (TPSA) is 96.4 Å². The number of hydrogen-bond donors (Lipinski definition) is 3. The second kappa shape index (κ2) is 9.84. The van der Waals surface area contributed by atoms with Crippen LogP contribution in [0.3, 0.4) is 0 Å². The first kappa shape index (κ1) is 19.8. The summed E-state index contributed by atoms with van der Waals surface area (Å²) in [6.45, 7) is 0. The fourth-order valence-electron chi connectivity index (χ4n) is 2.69. The van der Waals surface area contributed by atoms with Gasteiger partial charge in [-0.05, 0) is 54.1 Å². The molecule has 31 heavy (non-hydrogen) atoms. The number of nitrogens with one attached hydrogen (secondary N) is 3. The average Bonchev–Trinajstić information content (AvgIpc) is 2.81. The molecular weight excluding hydrogens is 390 g/mol. The third kappa shape index (κ3) is 5.77. The highest BCUT2D eigenvalue weighted by molar-refractivity contribution is 5.80. The number of nitrogens with zero attached hydrogens (tertiary/aromatic N) is 4. The summed E-state index contributed by atoms with van der Waals surface area (Å²) in [5.41, 5.74) is 5.52. The number of benzene rings is 3. The van der Waals surface area contributed by atoms with Crippen LogP contribution in [0.2, 0.25) is 0 Å².